The molecular weight excluding hydrogens is 365 g/mol. The monoisotopic (exact) mass is 381 g/mol. The second-order valence-corrected chi connectivity index (χ2v) is 7.37. The predicted molar refractivity (Wildman–Crippen MR) is 91.9 cm³/mol. The molecular formula is C15H16FN5O4S. The number of sulfonamides is 1. The van der Waals surface area contributed by atoms with E-state index in [1.54, 1.807) is 6.92 Å². The number of hydrogen-bond donors (Lipinski definition) is 2. The first-order valence-corrected chi connectivity index (χ1v) is 9.18. The molecule has 1 atom stereocenters. The molecule has 0 spiro atoms. The van der Waals surface area contributed by atoms with Crippen LogP contribution < -0.4 is 10.3 Å². The summed E-state index contributed by atoms with van der Waals surface area (Å²) < 4.78 is 46.3. The van der Waals surface area contributed by atoms with Gasteiger partial charge in [-0.25, -0.2) is 17.8 Å². The number of aromatic nitrogens is 4. The smallest absolute Gasteiger partial charge is 0.274 e. The molecule has 9 nitrogen and oxygen atoms in total. The number of benzene rings is 1. The Morgan fingerprint density at radius 3 is 2.65 bits per heavy atom. The van der Waals surface area contributed by atoms with E-state index in [0.29, 0.717) is 11.3 Å². The van der Waals surface area contributed by atoms with Gasteiger partial charge in [0, 0.05) is 18.9 Å². The molecule has 1 unspecified atom stereocenters. The quantitative estimate of drug-likeness (QED) is 0.657. The fraction of sp³-hybridized carbons (Fsp3) is 0.267. The predicted octanol–water partition coefficient (Wildman–Crippen LogP) is 0.995. The number of H-pyrrole nitrogens is 1. The highest BCUT2D eigenvalue weighted by Gasteiger charge is 2.22. The Morgan fingerprint density at radius 2 is 2.00 bits per heavy atom. The zero-order chi connectivity index (χ0) is 18.9. The van der Waals surface area contributed by atoms with Crippen molar-refractivity contribution >= 4 is 21.7 Å². The minimum absolute atomic E-state index is 0.0505. The third-order valence-corrected chi connectivity index (χ3v) is 4.85. The highest BCUT2D eigenvalue weighted by molar-refractivity contribution is 7.92. The SMILES string of the molecule is COC(CS(=O)(=O)Nc1nc2nc(C)cc(=O)n2[nH]1)c1ccc(F)cc1. The highest BCUT2D eigenvalue weighted by atomic mass is 32.2. The van der Waals surface area contributed by atoms with Crippen LogP contribution in [-0.4, -0.2) is 40.9 Å². The van der Waals surface area contributed by atoms with Crippen LogP contribution >= 0.6 is 0 Å². The lowest BCUT2D eigenvalue weighted by Crippen LogP contribution is -2.23. The summed E-state index contributed by atoms with van der Waals surface area (Å²) in [5.74, 6) is -0.947. The number of nitrogens with zero attached hydrogens (tertiary/aromatic N) is 3. The van der Waals surface area contributed by atoms with E-state index in [4.69, 9.17) is 4.74 Å². The van der Waals surface area contributed by atoms with Gasteiger partial charge in [-0.05, 0) is 24.6 Å². The molecule has 3 aromatic rings. The Morgan fingerprint density at radius 1 is 1.31 bits per heavy atom. The first-order chi connectivity index (χ1) is 12.3. The summed E-state index contributed by atoms with van der Waals surface area (Å²) >= 11 is 0. The van der Waals surface area contributed by atoms with E-state index in [1.807, 2.05) is 0 Å². The summed E-state index contributed by atoms with van der Waals surface area (Å²) in [7, 11) is -2.52. The lowest BCUT2D eigenvalue weighted by molar-refractivity contribution is 0.122. The van der Waals surface area contributed by atoms with Crippen LogP contribution in [0.4, 0.5) is 10.3 Å². The van der Waals surface area contributed by atoms with Crippen molar-refractivity contribution in [3.05, 3.63) is 57.8 Å². The van der Waals surface area contributed by atoms with Crippen molar-refractivity contribution in [2.45, 2.75) is 13.0 Å². The molecule has 11 heteroatoms. The fourth-order valence-electron chi connectivity index (χ4n) is 2.40. The zero-order valence-electron chi connectivity index (χ0n) is 13.9. The van der Waals surface area contributed by atoms with E-state index in [9.17, 15) is 17.6 Å². The maximum atomic E-state index is 13.0. The van der Waals surface area contributed by atoms with Crippen LogP contribution in [0.2, 0.25) is 0 Å². The first kappa shape index (κ1) is 18.0. The number of aryl methyl sites for hydroxylation is 1. The average molecular weight is 381 g/mol. The molecule has 26 heavy (non-hydrogen) atoms. The Hall–Kier alpha value is -2.79. The van der Waals surface area contributed by atoms with Crippen LogP contribution in [0, 0.1) is 12.7 Å². The van der Waals surface area contributed by atoms with Crippen molar-refractivity contribution in [2.75, 3.05) is 17.6 Å². The molecule has 2 N–H and O–H groups in total. The summed E-state index contributed by atoms with van der Waals surface area (Å²) in [6.07, 6.45) is -0.805. The van der Waals surface area contributed by atoms with Gasteiger partial charge >= 0.3 is 0 Å². The number of halogens is 1. The first-order valence-electron chi connectivity index (χ1n) is 7.52. The maximum Gasteiger partial charge on any atom is 0.274 e. The lowest BCUT2D eigenvalue weighted by atomic mass is 10.1. The van der Waals surface area contributed by atoms with Crippen molar-refractivity contribution < 1.29 is 17.5 Å². The molecule has 2 aromatic heterocycles. The normalized spacial score (nSPS) is 13.0. The third-order valence-electron chi connectivity index (χ3n) is 3.61. The van der Waals surface area contributed by atoms with Gasteiger partial charge in [-0.2, -0.15) is 9.50 Å². The van der Waals surface area contributed by atoms with Gasteiger partial charge in [-0.15, -0.1) is 0 Å². The molecule has 0 aliphatic rings. The number of fused-ring (bicyclic) bond motifs is 1. The van der Waals surface area contributed by atoms with E-state index in [-0.39, 0.29) is 11.7 Å². The van der Waals surface area contributed by atoms with Crippen LogP contribution in [0.25, 0.3) is 5.78 Å². The number of nitrogens with one attached hydrogen (secondary N) is 2. The van der Waals surface area contributed by atoms with Gasteiger partial charge in [0.15, 0.2) is 0 Å². The minimum Gasteiger partial charge on any atom is -0.376 e. The minimum atomic E-state index is -3.88. The average Bonchev–Trinajstić information content (AvgIpc) is 2.95. The van der Waals surface area contributed by atoms with Gasteiger partial charge in [0.25, 0.3) is 11.3 Å². The zero-order valence-corrected chi connectivity index (χ0v) is 14.7. The van der Waals surface area contributed by atoms with E-state index < -0.39 is 33.3 Å². The van der Waals surface area contributed by atoms with Gasteiger partial charge in [0.1, 0.15) is 5.82 Å². The van der Waals surface area contributed by atoms with E-state index >= 15 is 0 Å². The molecule has 0 saturated carbocycles. The van der Waals surface area contributed by atoms with Gasteiger partial charge in [0.05, 0.1) is 11.9 Å². The van der Waals surface area contributed by atoms with Crippen molar-refractivity contribution in [2.24, 2.45) is 0 Å². The van der Waals surface area contributed by atoms with E-state index in [1.165, 1.54) is 37.4 Å². The molecule has 1 aromatic carbocycles. The number of aromatic amines is 1. The molecule has 0 aliphatic heterocycles. The van der Waals surface area contributed by atoms with Gasteiger partial charge in [0.2, 0.25) is 16.0 Å². The summed E-state index contributed by atoms with van der Waals surface area (Å²) in [6, 6.07) is 6.64. The molecule has 3 rings (SSSR count). The van der Waals surface area contributed by atoms with Crippen LogP contribution in [-0.2, 0) is 14.8 Å². The lowest BCUT2D eigenvalue weighted by Gasteiger charge is -2.16. The van der Waals surface area contributed by atoms with Gasteiger partial charge in [-0.1, -0.05) is 12.1 Å². The van der Waals surface area contributed by atoms with Crippen LogP contribution in [0.1, 0.15) is 17.4 Å². The third kappa shape index (κ3) is 3.89. The largest absolute Gasteiger partial charge is 0.376 e. The van der Waals surface area contributed by atoms with Gasteiger partial charge in [-0.3, -0.25) is 14.6 Å². The number of ether oxygens (including phenoxy) is 1. The molecule has 0 bridgehead atoms. The molecule has 138 valence electrons. The molecule has 0 radical (unpaired) electrons. The summed E-state index contributed by atoms with van der Waals surface area (Å²) in [6.45, 7) is 1.63. The molecule has 0 aliphatic carbocycles. The number of hydrogen-bond acceptors (Lipinski definition) is 6. The summed E-state index contributed by atoms with van der Waals surface area (Å²) in [4.78, 5) is 19.8. The Kier molecular flexibility index (Phi) is 4.74. The highest BCUT2D eigenvalue weighted by Crippen LogP contribution is 2.20. The second kappa shape index (κ2) is 6.84. The van der Waals surface area contributed by atoms with Crippen LogP contribution in [0.3, 0.4) is 0 Å². The molecule has 0 amide bonds. The topological polar surface area (TPSA) is 118 Å². The van der Waals surface area contributed by atoms with Gasteiger partial charge < -0.3 is 4.74 Å². The van der Waals surface area contributed by atoms with Crippen LogP contribution in [0.15, 0.2) is 35.1 Å². The Labute approximate surface area is 147 Å². The maximum absolute atomic E-state index is 13.0. The number of methoxy groups -OCH3 is 1. The molecule has 0 saturated heterocycles. The number of rotatable bonds is 6. The standard InChI is InChI=1S/C15H16FN5O4S/c1-9-7-13(22)21-15(17-9)18-14(19-21)20-26(23,24)8-12(25-2)10-3-5-11(16)6-4-10/h3-7,12H,8H2,1-2H3,(H2,17,18,19,20). The molecule has 2 heterocycles. The Balaban J connectivity index is 1.83. The van der Waals surface area contributed by atoms with Crippen molar-refractivity contribution in [3.63, 3.8) is 0 Å². The van der Waals surface area contributed by atoms with Crippen molar-refractivity contribution in [3.8, 4) is 0 Å². The molecule has 0 fully saturated rings. The van der Waals surface area contributed by atoms with E-state index in [2.05, 4.69) is 19.8 Å². The summed E-state index contributed by atoms with van der Waals surface area (Å²) in [5, 5.41) is 2.54. The summed E-state index contributed by atoms with van der Waals surface area (Å²) in [5.41, 5.74) is 0.565. The Bertz CT molecular complexity index is 1090. The number of anilines is 1. The van der Waals surface area contributed by atoms with E-state index in [0.717, 1.165) is 4.52 Å². The van der Waals surface area contributed by atoms with Crippen LogP contribution in [0.5, 0.6) is 0 Å². The van der Waals surface area contributed by atoms with Crippen molar-refractivity contribution in [1.82, 2.24) is 19.6 Å². The second-order valence-electron chi connectivity index (χ2n) is 5.60. The van der Waals surface area contributed by atoms with Crippen molar-refractivity contribution in [1.29, 1.82) is 0 Å². The fourth-order valence-corrected chi connectivity index (χ4v) is 3.60.